The van der Waals surface area contributed by atoms with Crippen molar-refractivity contribution in [3.05, 3.63) is 63.2 Å². The maximum atomic E-state index is 12.4. The average Bonchev–Trinajstić information content (AvgIpc) is 3.16. The summed E-state index contributed by atoms with van der Waals surface area (Å²) in [5.74, 6) is -1.24. The second kappa shape index (κ2) is 7.32. The first-order chi connectivity index (χ1) is 14.2. The number of hydrogen-bond donors (Lipinski definition) is 1. The molecule has 0 bridgehead atoms. The predicted octanol–water partition coefficient (Wildman–Crippen LogP) is 4.17. The van der Waals surface area contributed by atoms with Gasteiger partial charge in [-0.05, 0) is 45.4 Å². The van der Waals surface area contributed by atoms with Crippen molar-refractivity contribution in [2.45, 2.75) is 46.3 Å². The smallest absolute Gasteiger partial charge is 0.341 e. The van der Waals surface area contributed by atoms with Gasteiger partial charge in [0.15, 0.2) is 5.43 Å². The van der Waals surface area contributed by atoms with E-state index < -0.39 is 11.4 Å². The van der Waals surface area contributed by atoms with Crippen molar-refractivity contribution < 1.29 is 9.90 Å². The van der Waals surface area contributed by atoms with Crippen LogP contribution < -0.4 is 10.4 Å². The zero-order chi connectivity index (χ0) is 21.7. The summed E-state index contributed by atoms with van der Waals surface area (Å²) >= 11 is 6.64. The van der Waals surface area contributed by atoms with E-state index in [0.717, 1.165) is 22.3 Å². The Kier molecular flexibility index (Phi) is 4.94. The Morgan fingerprint density at radius 2 is 1.83 bits per heavy atom. The van der Waals surface area contributed by atoms with E-state index in [1.165, 1.54) is 12.3 Å². The van der Waals surface area contributed by atoms with Crippen LogP contribution in [0, 0.1) is 0 Å². The monoisotopic (exact) mass is 426 g/mol. The maximum Gasteiger partial charge on any atom is 0.341 e. The molecule has 8 heteroatoms. The summed E-state index contributed by atoms with van der Waals surface area (Å²) in [6.07, 6.45) is 5.17. The summed E-state index contributed by atoms with van der Waals surface area (Å²) in [6.45, 7) is 8.73. The van der Waals surface area contributed by atoms with Gasteiger partial charge in [0.25, 0.3) is 0 Å². The maximum absolute atomic E-state index is 12.4. The molecule has 0 radical (unpaired) electrons. The molecule has 2 aromatic heterocycles. The van der Waals surface area contributed by atoms with Crippen LogP contribution in [0.15, 0.2) is 41.6 Å². The summed E-state index contributed by atoms with van der Waals surface area (Å²) in [5.41, 5.74) is 3.50. The van der Waals surface area contributed by atoms with Crippen LogP contribution in [0.25, 0.3) is 22.4 Å². The van der Waals surface area contributed by atoms with Crippen LogP contribution in [0.4, 0.5) is 0 Å². The second-order valence-corrected chi connectivity index (χ2v) is 8.48. The molecule has 0 spiro atoms. The topological polar surface area (TPSA) is 80.4 Å². The molecule has 4 rings (SSSR count). The number of carboxylic acid groups (broad SMARTS) is 1. The van der Waals surface area contributed by atoms with Gasteiger partial charge in [-0.1, -0.05) is 11.6 Å². The van der Waals surface area contributed by atoms with Crippen LogP contribution in [0.1, 0.15) is 49.7 Å². The van der Waals surface area contributed by atoms with E-state index in [-0.39, 0.29) is 17.6 Å². The molecule has 0 saturated heterocycles. The van der Waals surface area contributed by atoms with Gasteiger partial charge in [0.1, 0.15) is 5.56 Å². The minimum atomic E-state index is -1.24. The molecule has 0 unspecified atom stereocenters. The number of fused-ring (bicyclic) bond motifs is 3. The molecule has 30 heavy (non-hydrogen) atoms. The SMILES string of the molecule is CC(C)N1Cc2cc(-c3cnn(C(C)C)c3)c(Cl)cc2-c2cc(=O)c(C(=O)O)cn21. The summed E-state index contributed by atoms with van der Waals surface area (Å²) < 4.78 is 3.64. The highest BCUT2D eigenvalue weighted by molar-refractivity contribution is 6.33. The summed E-state index contributed by atoms with van der Waals surface area (Å²) in [5, 5.41) is 16.4. The molecule has 0 amide bonds. The number of pyridine rings is 1. The molecule has 0 atom stereocenters. The van der Waals surface area contributed by atoms with Crippen LogP contribution in [-0.4, -0.2) is 31.6 Å². The number of nitrogens with zero attached hydrogens (tertiary/aromatic N) is 4. The first-order valence-electron chi connectivity index (χ1n) is 9.81. The largest absolute Gasteiger partial charge is 0.477 e. The molecule has 0 aliphatic carbocycles. The van der Waals surface area contributed by atoms with Crippen LogP contribution in [0.5, 0.6) is 0 Å². The lowest BCUT2D eigenvalue weighted by molar-refractivity contribution is 0.0694. The fourth-order valence-corrected chi connectivity index (χ4v) is 4.02. The van der Waals surface area contributed by atoms with Crippen molar-refractivity contribution in [2.75, 3.05) is 5.01 Å². The third kappa shape index (κ3) is 3.29. The van der Waals surface area contributed by atoms with Gasteiger partial charge < -0.3 is 10.1 Å². The van der Waals surface area contributed by atoms with Crippen molar-refractivity contribution >= 4 is 17.6 Å². The highest BCUT2D eigenvalue weighted by Crippen LogP contribution is 2.38. The number of halogens is 1. The third-order valence-corrected chi connectivity index (χ3v) is 5.69. The molecule has 0 fully saturated rings. The fraction of sp³-hybridized carbons (Fsp3) is 0.318. The van der Waals surface area contributed by atoms with Gasteiger partial charge in [-0.2, -0.15) is 5.10 Å². The van der Waals surface area contributed by atoms with Crippen LogP contribution in [0.3, 0.4) is 0 Å². The minimum Gasteiger partial charge on any atom is -0.477 e. The van der Waals surface area contributed by atoms with Gasteiger partial charge in [-0.3, -0.25) is 14.2 Å². The number of rotatable bonds is 4. The minimum absolute atomic E-state index is 0.0869. The lowest BCUT2D eigenvalue weighted by Crippen LogP contribution is -2.44. The molecule has 156 valence electrons. The molecule has 3 heterocycles. The summed E-state index contributed by atoms with van der Waals surface area (Å²) in [7, 11) is 0. The first kappa shape index (κ1) is 20.2. The van der Waals surface area contributed by atoms with Crippen molar-refractivity contribution in [2.24, 2.45) is 0 Å². The van der Waals surface area contributed by atoms with Gasteiger partial charge >= 0.3 is 5.97 Å². The van der Waals surface area contributed by atoms with Gasteiger partial charge in [-0.25, -0.2) is 4.79 Å². The van der Waals surface area contributed by atoms with E-state index in [0.29, 0.717) is 17.3 Å². The van der Waals surface area contributed by atoms with Crippen molar-refractivity contribution in [3.8, 4) is 22.4 Å². The Morgan fingerprint density at radius 1 is 1.10 bits per heavy atom. The summed E-state index contributed by atoms with van der Waals surface area (Å²) in [6, 6.07) is 5.59. The van der Waals surface area contributed by atoms with Crippen LogP contribution in [-0.2, 0) is 6.54 Å². The van der Waals surface area contributed by atoms with Crippen molar-refractivity contribution in [1.29, 1.82) is 0 Å². The van der Waals surface area contributed by atoms with E-state index in [2.05, 4.69) is 18.9 Å². The number of benzene rings is 1. The predicted molar refractivity (Wildman–Crippen MR) is 117 cm³/mol. The molecular formula is C22H23ClN4O3. The van der Waals surface area contributed by atoms with Gasteiger partial charge in [-0.15, -0.1) is 0 Å². The number of carbonyl (C=O) groups is 1. The highest BCUT2D eigenvalue weighted by Gasteiger charge is 2.27. The second-order valence-electron chi connectivity index (χ2n) is 8.07. The Labute approximate surface area is 179 Å². The zero-order valence-corrected chi connectivity index (χ0v) is 18.0. The molecule has 1 aliphatic rings. The van der Waals surface area contributed by atoms with Gasteiger partial charge in [0.05, 0.1) is 18.4 Å². The van der Waals surface area contributed by atoms with E-state index >= 15 is 0 Å². The molecule has 0 saturated carbocycles. The zero-order valence-electron chi connectivity index (χ0n) is 17.3. The van der Waals surface area contributed by atoms with E-state index in [4.69, 9.17) is 11.6 Å². The number of carboxylic acids is 1. The number of aromatic carboxylic acids is 1. The fourth-order valence-electron chi connectivity index (χ4n) is 3.75. The van der Waals surface area contributed by atoms with E-state index in [1.54, 1.807) is 10.9 Å². The van der Waals surface area contributed by atoms with Gasteiger partial charge in [0.2, 0.25) is 0 Å². The quantitative estimate of drug-likeness (QED) is 0.677. The Balaban J connectivity index is 1.91. The number of hydrogen-bond acceptors (Lipinski definition) is 4. The van der Waals surface area contributed by atoms with Gasteiger partial charge in [0, 0.05) is 52.3 Å². The molecular weight excluding hydrogens is 404 g/mol. The third-order valence-electron chi connectivity index (χ3n) is 5.38. The van der Waals surface area contributed by atoms with Crippen LogP contribution in [0.2, 0.25) is 5.02 Å². The Bertz CT molecular complexity index is 1210. The molecule has 1 aromatic carbocycles. The Morgan fingerprint density at radius 3 is 2.43 bits per heavy atom. The average molecular weight is 427 g/mol. The lowest BCUT2D eigenvalue weighted by Gasteiger charge is -2.38. The summed E-state index contributed by atoms with van der Waals surface area (Å²) in [4.78, 5) is 23.9. The highest BCUT2D eigenvalue weighted by atomic mass is 35.5. The molecule has 7 nitrogen and oxygen atoms in total. The van der Waals surface area contributed by atoms with Crippen molar-refractivity contribution in [3.63, 3.8) is 0 Å². The van der Waals surface area contributed by atoms with Crippen molar-refractivity contribution in [1.82, 2.24) is 14.5 Å². The Hall–Kier alpha value is -3.06. The number of aromatic nitrogens is 3. The molecule has 3 aromatic rings. The molecule has 1 aliphatic heterocycles. The lowest BCUT2D eigenvalue weighted by atomic mass is 9.96. The van der Waals surface area contributed by atoms with Crippen LogP contribution >= 0.6 is 11.6 Å². The standard InChI is InChI=1S/C22H23ClN4O3/c1-12(2)25-9-15(8-24-25)16-5-14-10-26(13(3)4)27-11-18(22(29)30)21(28)7-20(27)17(14)6-19(16)23/h5-9,11-13H,10H2,1-4H3,(H,29,30). The van der Waals surface area contributed by atoms with E-state index in [1.807, 2.05) is 41.9 Å². The normalized spacial score (nSPS) is 13.0. The van der Waals surface area contributed by atoms with E-state index in [9.17, 15) is 14.7 Å². The first-order valence-corrected chi connectivity index (χ1v) is 10.2. The molecule has 1 N–H and O–H groups in total.